The highest BCUT2D eigenvalue weighted by Gasteiger charge is 2.13. The summed E-state index contributed by atoms with van der Waals surface area (Å²) in [6.07, 6.45) is 1.84. The van der Waals surface area contributed by atoms with Crippen LogP contribution >= 0.6 is 0 Å². The molecule has 0 aliphatic carbocycles. The summed E-state index contributed by atoms with van der Waals surface area (Å²) < 4.78 is 5.43. The molecule has 0 saturated carbocycles. The summed E-state index contributed by atoms with van der Waals surface area (Å²) in [7, 11) is 0. The number of ketones is 1. The van der Waals surface area contributed by atoms with Crippen molar-refractivity contribution >= 4 is 45.3 Å². The molecule has 1 fully saturated rings. The van der Waals surface area contributed by atoms with Gasteiger partial charge >= 0.3 is 0 Å². The minimum atomic E-state index is -0.198. The molecule has 1 aliphatic rings. The first-order chi connectivity index (χ1) is 19.1. The lowest BCUT2D eigenvalue weighted by Crippen LogP contribution is -2.36. The molecule has 0 atom stereocenters. The average Bonchev–Trinajstić information content (AvgIpc) is 3.47. The molecule has 1 saturated heterocycles. The molecule has 7 nitrogen and oxygen atoms in total. The lowest BCUT2D eigenvalue weighted by Gasteiger charge is -2.28. The van der Waals surface area contributed by atoms with Crippen molar-refractivity contribution in [1.29, 1.82) is 0 Å². The molecule has 0 radical (unpaired) electrons. The molecule has 2 heterocycles. The maximum absolute atomic E-state index is 13.0. The summed E-state index contributed by atoms with van der Waals surface area (Å²) >= 11 is 0. The number of hydrogen-bond acceptors (Lipinski definition) is 5. The van der Waals surface area contributed by atoms with Gasteiger partial charge in [-0.05, 0) is 97.1 Å². The number of carbonyl (C=O) groups is 2. The first-order valence-electron chi connectivity index (χ1n) is 13.0. The van der Waals surface area contributed by atoms with E-state index in [1.807, 2.05) is 48.7 Å². The van der Waals surface area contributed by atoms with Gasteiger partial charge in [0, 0.05) is 69.6 Å². The Balaban J connectivity index is 1.06. The summed E-state index contributed by atoms with van der Waals surface area (Å²) in [6.45, 7) is 3.34. The van der Waals surface area contributed by atoms with Gasteiger partial charge in [-0.3, -0.25) is 9.59 Å². The Labute approximate surface area is 226 Å². The number of benzene rings is 4. The van der Waals surface area contributed by atoms with Crippen molar-refractivity contribution in [1.82, 2.24) is 4.98 Å². The fraction of sp³-hybridized carbons (Fsp3) is 0.125. The predicted octanol–water partition coefficient (Wildman–Crippen LogP) is 6.23. The van der Waals surface area contributed by atoms with Crippen molar-refractivity contribution in [2.24, 2.45) is 0 Å². The number of morpholine rings is 1. The zero-order chi connectivity index (χ0) is 26.6. The zero-order valence-corrected chi connectivity index (χ0v) is 21.3. The molecule has 0 spiro atoms. The Morgan fingerprint density at radius 1 is 0.692 bits per heavy atom. The van der Waals surface area contributed by atoms with Gasteiger partial charge in [0.05, 0.1) is 13.2 Å². The number of anilines is 4. The number of ether oxygens (including phenoxy) is 1. The van der Waals surface area contributed by atoms with E-state index in [9.17, 15) is 9.59 Å². The van der Waals surface area contributed by atoms with E-state index in [1.165, 1.54) is 5.69 Å². The van der Waals surface area contributed by atoms with Crippen LogP contribution in [0.1, 0.15) is 26.3 Å². The first kappa shape index (κ1) is 24.5. The first-order valence-corrected chi connectivity index (χ1v) is 13.0. The lowest BCUT2D eigenvalue weighted by molar-refractivity contribution is 0.102. The highest BCUT2D eigenvalue weighted by Crippen LogP contribution is 2.23. The second-order valence-electron chi connectivity index (χ2n) is 9.49. The maximum Gasteiger partial charge on any atom is 0.255 e. The average molecular weight is 517 g/mol. The van der Waals surface area contributed by atoms with Gasteiger partial charge in [-0.1, -0.05) is 0 Å². The topological polar surface area (TPSA) is 86.5 Å². The van der Waals surface area contributed by atoms with Crippen LogP contribution in [0.5, 0.6) is 0 Å². The highest BCUT2D eigenvalue weighted by molar-refractivity contribution is 6.10. The van der Waals surface area contributed by atoms with Gasteiger partial charge in [0.1, 0.15) is 0 Å². The highest BCUT2D eigenvalue weighted by atomic mass is 16.5. The Hall–Kier alpha value is -4.88. The standard InChI is InChI=1S/C32H28N4O3/c37-31(23-3-8-28(9-4-23)35-32(38)25-5-14-30-24(21-25)15-16-33-30)22-1-6-26(7-2-22)34-27-10-12-29(13-11-27)36-17-19-39-20-18-36/h1-16,21,33-34H,17-20H2,(H,35,38). The molecule has 39 heavy (non-hydrogen) atoms. The van der Waals surface area contributed by atoms with Crippen LogP contribution in [-0.2, 0) is 4.74 Å². The van der Waals surface area contributed by atoms with E-state index in [-0.39, 0.29) is 11.7 Å². The van der Waals surface area contributed by atoms with Crippen LogP contribution in [0, 0.1) is 0 Å². The van der Waals surface area contributed by atoms with E-state index in [0.29, 0.717) is 22.4 Å². The van der Waals surface area contributed by atoms with Crippen molar-refractivity contribution in [2.45, 2.75) is 0 Å². The summed E-state index contributed by atoms with van der Waals surface area (Å²) in [5.41, 5.74) is 6.41. The van der Waals surface area contributed by atoms with Crippen molar-refractivity contribution in [3.63, 3.8) is 0 Å². The van der Waals surface area contributed by atoms with Crippen LogP contribution in [0.2, 0.25) is 0 Å². The third kappa shape index (κ3) is 5.54. The zero-order valence-electron chi connectivity index (χ0n) is 21.3. The Bertz CT molecular complexity index is 1600. The molecule has 0 bridgehead atoms. The van der Waals surface area contributed by atoms with E-state index < -0.39 is 0 Å². The van der Waals surface area contributed by atoms with E-state index >= 15 is 0 Å². The van der Waals surface area contributed by atoms with Crippen molar-refractivity contribution in [3.05, 3.63) is 120 Å². The number of aromatic nitrogens is 1. The monoisotopic (exact) mass is 516 g/mol. The molecule has 6 rings (SSSR count). The van der Waals surface area contributed by atoms with Gasteiger partial charge in [0.25, 0.3) is 5.91 Å². The van der Waals surface area contributed by atoms with E-state index in [0.717, 1.165) is 48.6 Å². The Kier molecular flexibility index (Phi) is 6.80. The molecule has 194 valence electrons. The van der Waals surface area contributed by atoms with Crippen LogP contribution in [-0.4, -0.2) is 43.0 Å². The number of amides is 1. The number of hydrogen-bond donors (Lipinski definition) is 3. The van der Waals surface area contributed by atoms with Crippen LogP contribution in [0.15, 0.2) is 103 Å². The fourth-order valence-electron chi connectivity index (χ4n) is 4.72. The predicted molar refractivity (Wildman–Crippen MR) is 155 cm³/mol. The summed E-state index contributed by atoms with van der Waals surface area (Å²) in [4.78, 5) is 31.1. The number of rotatable bonds is 7. The van der Waals surface area contributed by atoms with Gasteiger partial charge in [-0.25, -0.2) is 0 Å². The molecule has 1 aromatic heterocycles. The number of nitrogens with one attached hydrogen (secondary N) is 3. The van der Waals surface area contributed by atoms with E-state index in [1.54, 1.807) is 30.3 Å². The molecule has 0 unspecified atom stereocenters. The molecule has 4 aromatic carbocycles. The Morgan fingerprint density at radius 3 is 1.95 bits per heavy atom. The SMILES string of the molecule is O=C(Nc1ccc(C(=O)c2ccc(Nc3ccc(N4CCOCC4)cc3)cc2)cc1)c1ccc2[nH]ccc2c1. The number of fused-ring (bicyclic) bond motifs is 1. The van der Waals surface area contributed by atoms with Gasteiger partial charge in [-0.2, -0.15) is 0 Å². The minimum Gasteiger partial charge on any atom is -0.378 e. The van der Waals surface area contributed by atoms with Crippen LogP contribution in [0.4, 0.5) is 22.7 Å². The van der Waals surface area contributed by atoms with Gasteiger partial charge in [0.2, 0.25) is 0 Å². The second kappa shape index (κ2) is 10.8. The minimum absolute atomic E-state index is 0.0767. The van der Waals surface area contributed by atoms with Crippen LogP contribution < -0.4 is 15.5 Å². The van der Waals surface area contributed by atoms with Gasteiger partial charge in [0.15, 0.2) is 5.78 Å². The third-order valence-electron chi connectivity index (χ3n) is 6.90. The Morgan fingerprint density at radius 2 is 1.28 bits per heavy atom. The van der Waals surface area contributed by atoms with E-state index in [4.69, 9.17) is 4.74 Å². The summed E-state index contributed by atoms with van der Waals surface area (Å²) in [5.74, 6) is -0.275. The molecule has 1 amide bonds. The van der Waals surface area contributed by atoms with Crippen LogP contribution in [0.3, 0.4) is 0 Å². The number of carbonyl (C=O) groups excluding carboxylic acids is 2. The smallest absolute Gasteiger partial charge is 0.255 e. The molecule has 7 heteroatoms. The molecule has 1 aliphatic heterocycles. The van der Waals surface area contributed by atoms with Gasteiger partial charge < -0.3 is 25.3 Å². The van der Waals surface area contributed by atoms with Gasteiger partial charge in [-0.15, -0.1) is 0 Å². The summed E-state index contributed by atoms with van der Waals surface area (Å²) in [5, 5.41) is 7.27. The molecule has 5 aromatic rings. The van der Waals surface area contributed by atoms with Crippen LogP contribution in [0.25, 0.3) is 10.9 Å². The molecular weight excluding hydrogens is 488 g/mol. The lowest BCUT2D eigenvalue weighted by atomic mass is 10.0. The third-order valence-corrected chi connectivity index (χ3v) is 6.90. The summed E-state index contributed by atoms with van der Waals surface area (Å²) in [6, 6.07) is 30.2. The largest absolute Gasteiger partial charge is 0.378 e. The maximum atomic E-state index is 13.0. The quantitative estimate of drug-likeness (QED) is 0.223. The van der Waals surface area contributed by atoms with Crippen molar-refractivity contribution < 1.29 is 14.3 Å². The van der Waals surface area contributed by atoms with E-state index in [2.05, 4.69) is 44.8 Å². The second-order valence-corrected chi connectivity index (χ2v) is 9.49. The number of nitrogens with zero attached hydrogens (tertiary/aromatic N) is 1. The fourth-order valence-corrected chi connectivity index (χ4v) is 4.72. The molecule has 3 N–H and O–H groups in total. The van der Waals surface area contributed by atoms with Crippen molar-refractivity contribution in [3.8, 4) is 0 Å². The molecular formula is C32H28N4O3. The number of aromatic amines is 1. The normalized spacial score (nSPS) is 13.3. The van der Waals surface area contributed by atoms with Crippen molar-refractivity contribution in [2.75, 3.05) is 41.8 Å². The number of H-pyrrole nitrogens is 1.